The second kappa shape index (κ2) is 8.64. The molecule has 1 N–H and O–H groups in total. The summed E-state index contributed by atoms with van der Waals surface area (Å²) in [4.78, 5) is 6.23. The number of hydrogen-bond acceptors (Lipinski definition) is 1. The zero-order valence-electron chi connectivity index (χ0n) is 23.1. The van der Waals surface area contributed by atoms with E-state index in [9.17, 15) is 0 Å². The Morgan fingerprint density at radius 3 is 2.12 bits per heavy atom. The minimum absolute atomic E-state index is 1.18. The van der Waals surface area contributed by atoms with Crippen molar-refractivity contribution in [3.8, 4) is 27.9 Å². The van der Waals surface area contributed by atoms with E-state index in [4.69, 9.17) is 0 Å². The van der Waals surface area contributed by atoms with Crippen molar-refractivity contribution in [1.29, 1.82) is 0 Å². The quantitative estimate of drug-likeness (QED) is 0.221. The number of aromatic amines is 1. The van der Waals surface area contributed by atoms with Crippen LogP contribution in [-0.2, 0) is 0 Å². The topological polar surface area (TPSA) is 20.7 Å². The standard InChI is InChI=1S/C40H24N2S/c1-2-9-26(10-3-1)42-35-16-7-5-12-31(35)39-32-14-8-13-30-29-20-18-25(22-37(29)43-38(40(30)32)23-36(39)42)24-17-19-28-27-11-4-6-15-33(27)41-34(28)21-24/h1-23,41H. The van der Waals surface area contributed by atoms with E-state index in [0.717, 1.165) is 0 Å². The van der Waals surface area contributed by atoms with E-state index in [2.05, 4.69) is 149 Å². The molecule has 3 heteroatoms. The van der Waals surface area contributed by atoms with Gasteiger partial charge in [-0.05, 0) is 70.1 Å². The summed E-state index contributed by atoms with van der Waals surface area (Å²) in [5, 5.41) is 7.84. The fourth-order valence-corrected chi connectivity index (χ4v) is 8.43. The number of aromatic nitrogens is 2. The molecule has 0 bridgehead atoms. The lowest BCUT2D eigenvalue weighted by Gasteiger charge is -2.22. The van der Waals surface area contributed by atoms with Crippen molar-refractivity contribution in [3.05, 3.63) is 140 Å². The molecule has 7 aromatic carbocycles. The molecule has 2 nitrogen and oxygen atoms in total. The van der Waals surface area contributed by atoms with Crippen LogP contribution in [0.1, 0.15) is 0 Å². The maximum atomic E-state index is 3.62. The molecule has 200 valence electrons. The minimum atomic E-state index is 1.18. The average Bonchev–Trinajstić information content (AvgIpc) is 3.60. The number of rotatable bonds is 2. The Hall–Kier alpha value is -5.25. The molecule has 0 amide bonds. The zero-order chi connectivity index (χ0) is 28.1. The predicted octanol–water partition coefficient (Wildman–Crippen LogP) is 11.4. The Morgan fingerprint density at radius 1 is 0.442 bits per heavy atom. The summed E-state index contributed by atoms with van der Waals surface area (Å²) in [5.74, 6) is 0. The molecule has 0 fully saturated rings. The van der Waals surface area contributed by atoms with Crippen molar-refractivity contribution < 1.29 is 0 Å². The SMILES string of the molecule is c1ccc(-n2c3ccccc3c3c4cccc5c4c(cc32)Sc2cc(-c3ccc4c(c3)[nH]c3ccccc34)ccc2-5)cc1. The van der Waals surface area contributed by atoms with Crippen molar-refractivity contribution in [3.63, 3.8) is 0 Å². The van der Waals surface area contributed by atoms with Crippen LogP contribution in [0.25, 0.3) is 82.3 Å². The highest BCUT2D eigenvalue weighted by molar-refractivity contribution is 7.99. The summed E-state index contributed by atoms with van der Waals surface area (Å²) < 4.78 is 2.43. The number of nitrogens with zero attached hydrogens (tertiary/aromatic N) is 1. The van der Waals surface area contributed by atoms with Crippen molar-refractivity contribution >= 4 is 66.1 Å². The third-order valence-electron chi connectivity index (χ3n) is 9.10. The third kappa shape index (κ3) is 3.26. The van der Waals surface area contributed by atoms with Gasteiger partial charge in [0, 0.05) is 53.4 Å². The first kappa shape index (κ1) is 23.3. The molecule has 1 aliphatic rings. The Labute approximate surface area is 252 Å². The molecule has 0 unspecified atom stereocenters. The largest absolute Gasteiger partial charge is 0.354 e. The smallest absolute Gasteiger partial charge is 0.0558 e. The first-order valence-electron chi connectivity index (χ1n) is 14.7. The highest BCUT2D eigenvalue weighted by atomic mass is 32.2. The summed E-state index contributed by atoms with van der Waals surface area (Å²) in [5.41, 5.74) is 11.1. The van der Waals surface area contributed by atoms with E-state index in [-0.39, 0.29) is 0 Å². The van der Waals surface area contributed by atoms with Crippen LogP contribution >= 0.6 is 11.8 Å². The van der Waals surface area contributed by atoms with Gasteiger partial charge in [-0.3, -0.25) is 0 Å². The molecule has 3 heterocycles. The number of nitrogens with one attached hydrogen (secondary N) is 1. The molecule has 2 aromatic heterocycles. The van der Waals surface area contributed by atoms with Gasteiger partial charge in [0.25, 0.3) is 0 Å². The number of para-hydroxylation sites is 3. The molecule has 0 radical (unpaired) electrons. The fourth-order valence-electron chi connectivity index (χ4n) is 7.22. The summed E-state index contributed by atoms with van der Waals surface area (Å²) in [6.07, 6.45) is 0. The second-order valence-electron chi connectivity index (χ2n) is 11.4. The lowest BCUT2D eigenvalue weighted by atomic mass is 9.93. The van der Waals surface area contributed by atoms with E-state index < -0.39 is 0 Å². The van der Waals surface area contributed by atoms with Gasteiger partial charge in [0.15, 0.2) is 0 Å². The van der Waals surface area contributed by atoms with Gasteiger partial charge in [0.05, 0.1) is 11.0 Å². The van der Waals surface area contributed by atoms with Crippen LogP contribution in [0.3, 0.4) is 0 Å². The van der Waals surface area contributed by atoms with Gasteiger partial charge in [0.1, 0.15) is 0 Å². The number of H-pyrrole nitrogens is 1. The lowest BCUT2D eigenvalue weighted by Crippen LogP contribution is -1.96. The molecule has 9 aromatic rings. The molecule has 43 heavy (non-hydrogen) atoms. The van der Waals surface area contributed by atoms with Crippen LogP contribution in [0.4, 0.5) is 0 Å². The van der Waals surface area contributed by atoms with E-state index in [1.54, 1.807) is 0 Å². The van der Waals surface area contributed by atoms with Crippen molar-refractivity contribution in [2.75, 3.05) is 0 Å². The highest BCUT2D eigenvalue weighted by Gasteiger charge is 2.24. The Kier molecular flexibility index (Phi) is 4.68. The molecule has 0 aliphatic carbocycles. The normalized spacial score (nSPS) is 12.6. The highest BCUT2D eigenvalue weighted by Crippen LogP contribution is 2.52. The molecule has 0 atom stereocenters. The first-order valence-corrected chi connectivity index (χ1v) is 15.5. The van der Waals surface area contributed by atoms with Crippen molar-refractivity contribution in [2.24, 2.45) is 0 Å². The number of benzene rings is 7. The zero-order valence-corrected chi connectivity index (χ0v) is 24.0. The predicted molar refractivity (Wildman–Crippen MR) is 183 cm³/mol. The Balaban J connectivity index is 1.19. The molecule has 10 rings (SSSR count). The van der Waals surface area contributed by atoms with Gasteiger partial charge >= 0.3 is 0 Å². The van der Waals surface area contributed by atoms with Gasteiger partial charge < -0.3 is 9.55 Å². The van der Waals surface area contributed by atoms with E-state index >= 15 is 0 Å². The lowest BCUT2D eigenvalue weighted by molar-refractivity contribution is 1.18. The molecular weight excluding hydrogens is 541 g/mol. The molecular formula is C40H24N2S. The van der Waals surface area contributed by atoms with Crippen LogP contribution in [0.2, 0.25) is 0 Å². The number of fused-ring (bicyclic) bond motifs is 9. The molecule has 1 aliphatic heterocycles. The van der Waals surface area contributed by atoms with Crippen LogP contribution in [0, 0.1) is 0 Å². The number of hydrogen-bond donors (Lipinski definition) is 1. The van der Waals surface area contributed by atoms with Gasteiger partial charge in [-0.2, -0.15) is 0 Å². The van der Waals surface area contributed by atoms with Crippen molar-refractivity contribution in [2.45, 2.75) is 9.79 Å². The van der Waals surface area contributed by atoms with Gasteiger partial charge in [-0.1, -0.05) is 109 Å². The first-order chi connectivity index (χ1) is 21.3. The second-order valence-corrected chi connectivity index (χ2v) is 12.5. The van der Waals surface area contributed by atoms with Crippen LogP contribution in [-0.4, -0.2) is 9.55 Å². The monoisotopic (exact) mass is 564 g/mol. The van der Waals surface area contributed by atoms with E-state index in [0.29, 0.717) is 0 Å². The molecule has 0 saturated heterocycles. The van der Waals surface area contributed by atoms with E-state index in [1.807, 2.05) is 11.8 Å². The summed E-state index contributed by atoms with van der Waals surface area (Å²) >= 11 is 1.90. The van der Waals surface area contributed by atoms with Crippen molar-refractivity contribution in [1.82, 2.24) is 9.55 Å². The van der Waals surface area contributed by atoms with Crippen LogP contribution < -0.4 is 0 Å². The fraction of sp³-hybridized carbons (Fsp3) is 0. The Morgan fingerprint density at radius 2 is 1.19 bits per heavy atom. The van der Waals surface area contributed by atoms with E-state index in [1.165, 1.54) is 92.1 Å². The molecule has 0 saturated carbocycles. The summed E-state index contributed by atoms with van der Waals surface area (Å²) in [6, 6.07) is 51.1. The summed E-state index contributed by atoms with van der Waals surface area (Å²) in [6.45, 7) is 0. The maximum Gasteiger partial charge on any atom is 0.0558 e. The van der Waals surface area contributed by atoms with Crippen LogP contribution in [0.5, 0.6) is 0 Å². The average molecular weight is 565 g/mol. The van der Waals surface area contributed by atoms with Gasteiger partial charge in [-0.25, -0.2) is 0 Å². The van der Waals surface area contributed by atoms with Gasteiger partial charge in [-0.15, -0.1) is 0 Å². The minimum Gasteiger partial charge on any atom is -0.354 e. The summed E-state index contributed by atoms with van der Waals surface area (Å²) in [7, 11) is 0. The third-order valence-corrected chi connectivity index (χ3v) is 10.2. The van der Waals surface area contributed by atoms with Gasteiger partial charge in [0.2, 0.25) is 0 Å². The molecule has 0 spiro atoms. The maximum absolute atomic E-state index is 3.62. The van der Waals surface area contributed by atoms with Crippen LogP contribution in [0.15, 0.2) is 149 Å². The Bertz CT molecular complexity index is 2590.